The number of carbonyl (C=O) groups is 1. The SMILES string of the molecule is CC(C)(C)OC(=O)NCC#Cc1cc(-c2ncnc(Nc3cccc(CO)c3)n2)ccc1F. The van der Waals surface area contributed by atoms with E-state index < -0.39 is 17.5 Å². The van der Waals surface area contributed by atoms with Gasteiger partial charge in [0.25, 0.3) is 0 Å². The van der Waals surface area contributed by atoms with E-state index in [1.165, 1.54) is 18.5 Å². The lowest BCUT2D eigenvalue weighted by Gasteiger charge is -2.19. The van der Waals surface area contributed by atoms with Crippen molar-refractivity contribution in [2.24, 2.45) is 0 Å². The summed E-state index contributed by atoms with van der Waals surface area (Å²) in [6.45, 7) is 5.20. The van der Waals surface area contributed by atoms with Crippen molar-refractivity contribution in [3.8, 4) is 23.2 Å². The van der Waals surface area contributed by atoms with E-state index in [0.29, 0.717) is 23.0 Å². The standard InChI is InChI=1S/C24H24FN5O3/c1-24(2,3)33-23(32)26-11-5-7-17-13-18(9-10-20(17)25)21-27-15-28-22(30-21)29-19-8-4-6-16(12-19)14-31/h4,6,8-10,12-13,15,31H,11,14H2,1-3H3,(H,26,32)(H,27,28,29,30). The van der Waals surface area contributed by atoms with Crippen LogP contribution in [0.15, 0.2) is 48.8 Å². The Hall–Kier alpha value is -4.03. The lowest BCUT2D eigenvalue weighted by atomic mass is 10.1. The molecule has 0 radical (unpaired) electrons. The van der Waals surface area contributed by atoms with E-state index in [0.717, 1.165) is 5.56 Å². The van der Waals surface area contributed by atoms with E-state index in [9.17, 15) is 14.3 Å². The third-order valence-electron chi connectivity index (χ3n) is 4.11. The third-order valence-corrected chi connectivity index (χ3v) is 4.11. The Kier molecular flexibility index (Phi) is 7.53. The number of amides is 1. The molecule has 1 aromatic heterocycles. The number of alkyl carbamates (subject to hydrolysis) is 1. The summed E-state index contributed by atoms with van der Waals surface area (Å²) in [4.78, 5) is 24.3. The van der Waals surface area contributed by atoms with Crippen molar-refractivity contribution in [2.75, 3.05) is 11.9 Å². The predicted molar refractivity (Wildman–Crippen MR) is 122 cm³/mol. The molecule has 1 amide bonds. The fourth-order valence-corrected chi connectivity index (χ4v) is 2.70. The van der Waals surface area contributed by atoms with Gasteiger partial charge in [0, 0.05) is 11.3 Å². The fraction of sp³-hybridized carbons (Fsp3) is 0.250. The van der Waals surface area contributed by atoms with Gasteiger partial charge in [-0.3, -0.25) is 0 Å². The molecule has 170 valence electrons. The molecule has 9 heteroatoms. The minimum Gasteiger partial charge on any atom is -0.444 e. The number of nitrogens with zero attached hydrogens (tertiary/aromatic N) is 3. The number of hydrogen-bond donors (Lipinski definition) is 3. The first-order chi connectivity index (χ1) is 15.7. The normalized spacial score (nSPS) is 10.7. The number of hydrogen-bond acceptors (Lipinski definition) is 7. The van der Waals surface area contributed by atoms with Crippen LogP contribution in [0.5, 0.6) is 0 Å². The maximum Gasteiger partial charge on any atom is 0.408 e. The zero-order valence-electron chi connectivity index (χ0n) is 18.5. The summed E-state index contributed by atoms with van der Waals surface area (Å²) in [6.07, 6.45) is 0.751. The molecule has 0 bridgehead atoms. The minimum atomic E-state index is -0.613. The van der Waals surface area contributed by atoms with Gasteiger partial charge in [0.1, 0.15) is 17.7 Å². The molecule has 1 heterocycles. The maximum absolute atomic E-state index is 14.2. The highest BCUT2D eigenvalue weighted by Gasteiger charge is 2.15. The zero-order valence-corrected chi connectivity index (χ0v) is 18.5. The predicted octanol–water partition coefficient (Wildman–Crippen LogP) is 3.79. The van der Waals surface area contributed by atoms with E-state index >= 15 is 0 Å². The summed E-state index contributed by atoms with van der Waals surface area (Å²) in [5.74, 6) is 5.54. The van der Waals surface area contributed by atoms with Crippen LogP contribution in [-0.2, 0) is 11.3 Å². The van der Waals surface area contributed by atoms with Crippen molar-refractivity contribution >= 4 is 17.7 Å². The molecule has 33 heavy (non-hydrogen) atoms. The molecular weight excluding hydrogens is 425 g/mol. The van der Waals surface area contributed by atoms with E-state index in [2.05, 4.69) is 37.4 Å². The maximum atomic E-state index is 14.2. The average molecular weight is 449 g/mol. The number of ether oxygens (including phenoxy) is 1. The summed E-state index contributed by atoms with van der Waals surface area (Å²) < 4.78 is 19.4. The summed E-state index contributed by atoms with van der Waals surface area (Å²) >= 11 is 0. The van der Waals surface area contributed by atoms with Crippen LogP contribution in [0.1, 0.15) is 31.9 Å². The molecule has 0 spiro atoms. The van der Waals surface area contributed by atoms with Gasteiger partial charge in [-0.2, -0.15) is 4.98 Å². The molecule has 0 fully saturated rings. The molecule has 0 aliphatic rings. The van der Waals surface area contributed by atoms with Crippen LogP contribution in [0.4, 0.5) is 20.8 Å². The topological polar surface area (TPSA) is 109 Å². The van der Waals surface area contributed by atoms with Crippen LogP contribution in [0.2, 0.25) is 0 Å². The lowest BCUT2D eigenvalue weighted by Crippen LogP contribution is -2.32. The number of aromatic nitrogens is 3. The second kappa shape index (κ2) is 10.5. The molecule has 8 nitrogen and oxygen atoms in total. The number of nitrogens with one attached hydrogen (secondary N) is 2. The Balaban J connectivity index is 1.73. The summed E-state index contributed by atoms with van der Waals surface area (Å²) in [5.41, 5.74) is 1.54. The number of halogens is 1. The molecule has 3 N–H and O–H groups in total. The van der Waals surface area contributed by atoms with Gasteiger partial charge in [-0.15, -0.1) is 0 Å². The van der Waals surface area contributed by atoms with Crippen LogP contribution >= 0.6 is 0 Å². The van der Waals surface area contributed by atoms with Crippen molar-refractivity contribution in [2.45, 2.75) is 33.0 Å². The first-order valence-corrected chi connectivity index (χ1v) is 10.1. The highest BCUT2D eigenvalue weighted by molar-refractivity contribution is 5.68. The molecule has 0 saturated carbocycles. The number of benzene rings is 2. The van der Waals surface area contributed by atoms with Crippen LogP contribution in [0.25, 0.3) is 11.4 Å². The van der Waals surface area contributed by atoms with Gasteiger partial charge < -0.3 is 20.5 Å². The first-order valence-electron chi connectivity index (χ1n) is 10.1. The molecule has 3 rings (SSSR count). The largest absolute Gasteiger partial charge is 0.444 e. The van der Waals surface area contributed by atoms with E-state index in [1.807, 2.05) is 6.07 Å². The first kappa shape index (κ1) is 23.6. The Bertz CT molecular complexity index is 1200. The van der Waals surface area contributed by atoms with Crippen LogP contribution in [0, 0.1) is 17.7 Å². The molecule has 0 atom stereocenters. The minimum absolute atomic E-state index is 0.00527. The zero-order chi connectivity index (χ0) is 23.8. The van der Waals surface area contributed by atoms with Gasteiger partial charge in [-0.05, 0) is 56.7 Å². The number of aliphatic hydroxyl groups excluding tert-OH is 1. The number of rotatable bonds is 5. The smallest absolute Gasteiger partial charge is 0.408 e. The third kappa shape index (κ3) is 7.26. The molecule has 0 unspecified atom stereocenters. The quantitative estimate of drug-likeness (QED) is 0.509. The number of carbonyl (C=O) groups excluding carboxylic acids is 1. The highest BCUT2D eigenvalue weighted by Crippen LogP contribution is 2.20. The molecular formula is C24H24FN5O3. The van der Waals surface area contributed by atoms with Crippen LogP contribution in [-0.4, -0.2) is 38.3 Å². The average Bonchev–Trinajstić information content (AvgIpc) is 2.77. The van der Waals surface area contributed by atoms with Crippen molar-refractivity contribution in [1.82, 2.24) is 20.3 Å². The Morgan fingerprint density at radius 2 is 2.00 bits per heavy atom. The fourth-order valence-electron chi connectivity index (χ4n) is 2.70. The van der Waals surface area contributed by atoms with Gasteiger partial charge in [0.05, 0.1) is 18.7 Å². The lowest BCUT2D eigenvalue weighted by molar-refractivity contribution is 0.0535. The summed E-state index contributed by atoms with van der Waals surface area (Å²) in [5, 5.41) is 14.8. The number of aliphatic hydroxyl groups is 1. The molecule has 3 aromatic rings. The van der Waals surface area contributed by atoms with Crippen molar-refractivity contribution in [1.29, 1.82) is 0 Å². The van der Waals surface area contributed by atoms with E-state index in [4.69, 9.17) is 4.74 Å². The Labute approximate surface area is 191 Å². The van der Waals surface area contributed by atoms with Crippen molar-refractivity contribution in [3.05, 3.63) is 65.7 Å². The van der Waals surface area contributed by atoms with Gasteiger partial charge >= 0.3 is 6.09 Å². The molecule has 0 aliphatic heterocycles. The van der Waals surface area contributed by atoms with Crippen LogP contribution < -0.4 is 10.6 Å². The Morgan fingerprint density at radius 1 is 1.18 bits per heavy atom. The molecule has 0 saturated heterocycles. The summed E-state index contributed by atoms with van der Waals surface area (Å²) in [6, 6.07) is 11.6. The van der Waals surface area contributed by atoms with Gasteiger partial charge in [0.2, 0.25) is 5.95 Å². The van der Waals surface area contributed by atoms with E-state index in [-0.39, 0.29) is 18.7 Å². The second-order valence-electron chi connectivity index (χ2n) is 7.97. The van der Waals surface area contributed by atoms with Gasteiger partial charge in [0.15, 0.2) is 5.82 Å². The Morgan fingerprint density at radius 3 is 2.76 bits per heavy atom. The molecule has 0 aliphatic carbocycles. The second-order valence-corrected chi connectivity index (χ2v) is 7.97. The van der Waals surface area contributed by atoms with Crippen molar-refractivity contribution in [3.63, 3.8) is 0 Å². The van der Waals surface area contributed by atoms with Crippen LogP contribution in [0.3, 0.4) is 0 Å². The van der Waals surface area contributed by atoms with Crippen molar-refractivity contribution < 1.29 is 19.0 Å². The highest BCUT2D eigenvalue weighted by atomic mass is 19.1. The van der Waals surface area contributed by atoms with Gasteiger partial charge in [-0.1, -0.05) is 24.0 Å². The number of anilines is 2. The van der Waals surface area contributed by atoms with Gasteiger partial charge in [-0.25, -0.2) is 19.2 Å². The molecule has 2 aromatic carbocycles. The van der Waals surface area contributed by atoms with E-state index in [1.54, 1.807) is 45.0 Å². The monoisotopic (exact) mass is 449 g/mol. The summed E-state index contributed by atoms with van der Waals surface area (Å²) in [7, 11) is 0.